The van der Waals surface area contributed by atoms with Gasteiger partial charge in [-0.3, -0.25) is 4.98 Å². The van der Waals surface area contributed by atoms with E-state index in [9.17, 15) is 0 Å². The molecule has 1 aliphatic heterocycles. The van der Waals surface area contributed by atoms with E-state index in [1.54, 1.807) is 0 Å². The predicted molar refractivity (Wildman–Crippen MR) is 132 cm³/mol. The van der Waals surface area contributed by atoms with E-state index in [1.165, 1.54) is 0 Å². The van der Waals surface area contributed by atoms with Crippen molar-refractivity contribution < 1.29 is 0 Å². The Bertz CT molecular complexity index is 1630. The van der Waals surface area contributed by atoms with Gasteiger partial charge < -0.3 is 15.6 Å². The minimum Gasteiger partial charge on any atom is -0.354 e. The van der Waals surface area contributed by atoms with Crippen LogP contribution in [0.15, 0.2) is 67.2 Å². The Labute approximate surface area is 189 Å². The van der Waals surface area contributed by atoms with Gasteiger partial charge in [-0.25, -0.2) is 15.0 Å². The number of nitrogens with one attached hydrogen (secondary N) is 1. The molecule has 2 aliphatic rings. The van der Waals surface area contributed by atoms with Crippen LogP contribution in [0, 0.1) is 0 Å². The summed E-state index contributed by atoms with van der Waals surface area (Å²) in [7, 11) is 0. The molecule has 0 spiro atoms. The number of nitrogens with two attached hydrogens (primary N) is 1. The van der Waals surface area contributed by atoms with Crippen molar-refractivity contribution in [2.45, 2.75) is 12.5 Å². The number of rotatable bonds is 3. The zero-order valence-corrected chi connectivity index (χ0v) is 17.9. The van der Waals surface area contributed by atoms with E-state index >= 15 is 0 Å². The molecule has 1 atom stereocenters. The first-order valence-electron chi connectivity index (χ1n) is 11.2. The first-order valence-corrected chi connectivity index (χ1v) is 11.2. The zero-order chi connectivity index (χ0) is 21.9. The molecule has 33 heavy (non-hydrogen) atoms. The van der Waals surface area contributed by atoms with Crippen LogP contribution in [-0.2, 0) is 0 Å². The van der Waals surface area contributed by atoms with Crippen LogP contribution in [0.5, 0.6) is 0 Å². The first kappa shape index (κ1) is 18.5. The Morgan fingerprint density at radius 1 is 1.03 bits per heavy atom. The summed E-state index contributed by atoms with van der Waals surface area (Å²) in [6, 6.07) is 10.4. The van der Waals surface area contributed by atoms with Gasteiger partial charge >= 0.3 is 0 Å². The number of hydrogen-bond acceptors (Lipinski definition) is 6. The Balaban J connectivity index is 1.53. The summed E-state index contributed by atoms with van der Waals surface area (Å²) in [5.41, 5.74) is 12.2. The Morgan fingerprint density at radius 3 is 2.76 bits per heavy atom. The van der Waals surface area contributed by atoms with Gasteiger partial charge in [0.05, 0.1) is 17.1 Å². The number of para-hydroxylation sites is 1. The van der Waals surface area contributed by atoms with Crippen LogP contribution in [0.3, 0.4) is 0 Å². The molecule has 1 saturated heterocycles. The molecule has 7 nitrogen and oxygen atoms in total. The molecule has 7 heteroatoms. The lowest BCUT2D eigenvalue weighted by Crippen LogP contribution is -2.27. The molecule has 1 fully saturated rings. The maximum Gasteiger partial charge on any atom is 0.163 e. The summed E-state index contributed by atoms with van der Waals surface area (Å²) in [6.07, 6.45) is 12.7. The van der Waals surface area contributed by atoms with E-state index in [0.29, 0.717) is 5.82 Å². The quantitative estimate of drug-likeness (QED) is 0.444. The number of nitrogens with zero attached hydrogens (tertiary/aromatic N) is 5. The summed E-state index contributed by atoms with van der Waals surface area (Å²) in [4.78, 5) is 25.0. The summed E-state index contributed by atoms with van der Waals surface area (Å²) in [5.74, 6) is 1.60. The summed E-state index contributed by atoms with van der Waals surface area (Å²) < 4.78 is 0. The SMILES string of the molecule is NC1CCN(c2nc(-c3ccnc4[nH]c5ccccc5c34)nc3cncc(C4=CC=C4)c23)C1. The second-order valence-electron chi connectivity index (χ2n) is 8.68. The van der Waals surface area contributed by atoms with Gasteiger partial charge in [-0.05, 0) is 24.1 Å². The van der Waals surface area contributed by atoms with E-state index in [0.717, 1.165) is 74.9 Å². The van der Waals surface area contributed by atoms with Gasteiger partial charge in [0.15, 0.2) is 5.82 Å². The number of aromatic nitrogens is 5. The third-order valence-electron chi connectivity index (χ3n) is 6.62. The highest BCUT2D eigenvalue weighted by Crippen LogP contribution is 2.38. The molecule has 3 N–H and O–H groups in total. The topological polar surface area (TPSA) is 96.6 Å². The normalized spacial score (nSPS) is 17.8. The number of H-pyrrole nitrogens is 1. The Hall–Kier alpha value is -4.10. The molecule has 0 amide bonds. The zero-order valence-electron chi connectivity index (χ0n) is 17.9. The van der Waals surface area contributed by atoms with Crippen molar-refractivity contribution in [2.24, 2.45) is 5.73 Å². The maximum atomic E-state index is 6.28. The van der Waals surface area contributed by atoms with Gasteiger partial charge in [-0.1, -0.05) is 36.4 Å². The van der Waals surface area contributed by atoms with Crippen molar-refractivity contribution in [1.29, 1.82) is 0 Å². The van der Waals surface area contributed by atoms with Gasteiger partial charge in [0.25, 0.3) is 0 Å². The Morgan fingerprint density at radius 2 is 1.94 bits per heavy atom. The largest absolute Gasteiger partial charge is 0.354 e. The molecule has 1 aromatic carbocycles. The fourth-order valence-corrected chi connectivity index (χ4v) is 4.94. The van der Waals surface area contributed by atoms with Crippen LogP contribution in [0.25, 0.3) is 49.8 Å². The van der Waals surface area contributed by atoms with Crippen molar-refractivity contribution in [3.05, 3.63) is 72.7 Å². The number of aromatic amines is 1. The minimum absolute atomic E-state index is 0.146. The fraction of sp³-hybridized carbons (Fsp3) is 0.154. The van der Waals surface area contributed by atoms with Gasteiger partial charge in [-0.15, -0.1) is 0 Å². The molecule has 160 valence electrons. The molecular weight excluding hydrogens is 410 g/mol. The van der Waals surface area contributed by atoms with Crippen LogP contribution in [0.2, 0.25) is 0 Å². The lowest BCUT2D eigenvalue weighted by molar-refractivity contribution is 0.751. The molecule has 5 heterocycles. The van der Waals surface area contributed by atoms with Crippen LogP contribution in [0.4, 0.5) is 5.82 Å². The monoisotopic (exact) mass is 431 g/mol. The number of anilines is 1. The highest BCUT2D eigenvalue weighted by atomic mass is 15.2. The van der Waals surface area contributed by atoms with E-state index in [2.05, 4.69) is 44.1 Å². The number of fused-ring (bicyclic) bond motifs is 4. The van der Waals surface area contributed by atoms with E-state index in [4.69, 9.17) is 15.7 Å². The lowest BCUT2D eigenvalue weighted by atomic mass is 9.97. The number of hydrogen-bond donors (Lipinski definition) is 2. The first-order chi connectivity index (χ1) is 16.3. The van der Waals surface area contributed by atoms with E-state index in [1.807, 2.05) is 42.9 Å². The second kappa shape index (κ2) is 6.95. The van der Waals surface area contributed by atoms with Crippen molar-refractivity contribution in [1.82, 2.24) is 24.9 Å². The smallest absolute Gasteiger partial charge is 0.163 e. The number of pyridine rings is 2. The third kappa shape index (κ3) is 2.79. The Kier molecular flexibility index (Phi) is 3.89. The van der Waals surface area contributed by atoms with Crippen molar-refractivity contribution >= 4 is 44.2 Å². The average Bonchev–Trinajstić information content (AvgIpc) is 3.40. The maximum absolute atomic E-state index is 6.28. The molecule has 1 aliphatic carbocycles. The summed E-state index contributed by atoms with van der Waals surface area (Å²) in [5, 5.41) is 3.17. The molecule has 4 aromatic heterocycles. The highest BCUT2D eigenvalue weighted by Gasteiger charge is 2.26. The van der Waals surface area contributed by atoms with Crippen molar-refractivity contribution in [3.8, 4) is 11.4 Å². The van der Waals surface area contributed by atoms with Gasteiger partial charge in [0.1, 0.15) is 11.5 Å². The molecule has 5 aromatic rings. The standard InChI is InChI=1S/C26H21N7/c27-16-9-11-33(14-16)26-23-19(15-4-3-5-15)12-28-13-21(23)31-24(32-26)18-8-10-29-25-22(18)17-6-1-2-7-20(17)30-25/h1-8,10,12-13,16H,9,11,14,27H2,(H,29,30). The van der Waals surface area contributed by atoms with E-state index in [-0.39, 0.29) is 6.04 Å². The van der Waals surface area contributed by atoms with Gasteiger partial charge in [-0.2, -0.15) is 0 Å². The summed E-state index contributed by atoms with van der Waals surface area (Å²) in [6.45, 7) is 1.66. The van der Waals surface area contributed by atoms with Crippen LogP contribution in [-0.4, -0.2) is 44.1 Å². The van der Waals surface area contributed by atoms with E-state index < -0.39 is 0 Å². The average molecular weight is 432 g/mol. The molecule has 0 saturated carbocycles. The second-order valence-corrected chi connectivity index (χ2v) is 8.68. The van der Waals surface area contributed by atoms with Crippen LogP contribution in [0.1, 0.15) is 12.0 Å². The predicted octanol–water partition coefficient (Wildman–Crippen LogP) is 4.21. The van der Waals surface area contributed by atoms with Crippen molar-refractivity contribution in [2.75, 3.05) is 18.0 Å². The van der Waals surface area contributed by atoms with Crippen LogP contribution < -0.4 is 10.6 Å². The molecular formula is C26H21N7. The third-order valence-corrected chi connectivity index (χ3v) is 6.62. The fourth-order valence-electron chi connectivity index (χ4n) is 4.94. The highest BCUT2D eigenvalue weighted by molar-refractivity contribution is 6.13. The van der Waals surface area contributed by atoms with Gasteiger partial charge in [0.2, 0.25) is 0 Å². The molecule has 0 radical (unpaired) electrons. The minimum atomic E-state index is 0.146. The molecule has 0 bridgehead atoms. The number of allylic oxidation sites excluding steroid dienone is 4. The molecule has 7 rings (SSSR count). The number of benzene rings is 1. The van der Waals surface area contributed by atoms with Crippen LogP contribution >= 0.6 is 0 Å². The van der Waals surface area contributed by atoms with Crippen molar-refractivity contribution in [3.63, 3.8) is 0 Å². The lowest BCUT2D eigenvalue weighted by Gasteiger charge is -2.22. The molecule has 1 unspecified atom stereocenters. The summed E-state index contributed by atoms with van der Waals surface area (Å²) >= 11 is 0. The van der Waals surface area contributed by atoms with Gasteiger partial charge in [0, 0.05) is 58.9 Å².